The van der Waals surface area contributed by atoms with Crippen LogP contribution in [0.1, 0.15) is 42.1 Å². The van der Waals surface area contributed by atoms with Gasteiger partial charge in [0.1, 0.15) is 5.82 Å². The molecule has 110 valence electrons. The number of nitrogens with one attached hydrogen (secondary N) is 1. The number of carbonyl (C=O) groups is 1. The van der Waals surface area contributed by atoms with Gasteiger partial charge in [-0.1, -0.05) is 19.4 Å². The van der Waals surface area contributed by atoms with Gasteiger partial charge in [0.2, 0.25) is 0 Å². The molecule has 0 heterocycles. The van der Waals surface area contributed by atoms with Crippen LogP contribution in [0.15, 0.2) is 18.2 Å². The van der Waals surface area contributed by atoms with Crippen molar-refractivity contribution >= 4 is 17.7 Å². The zero-order chi connectivity index (χ0) is 14.5. The van der Waals surface area contributed by atoms with Crippen molar-refractivity contribution in [2.45, 2.75) is 44.0 Å². The van der Waals surface area contributed by atoms with Crippen molar-refractivity contribution in [3.05, 3.63) is 35.1 Å². The first-order chi connectivity index (χ1) is 9.61. The van der Waals surface area contributed by atoms with E-state index >= 15 is 0 Å². The highest BCUT2D eigenvalue weighted by atomic mass is 32.2. The van der Waals surface area contributed by atoms with Crippen LogP contribution in [0.4, 0.5) is 4.39 Å². The highest BCUT2D eigenvalue weighted by Gasteiger charge is 2.26. The SMILES string of the molecule is CCSC1CCCC1NCc1ccc(C(=O)O)c(F)c1. The minimum absolute atomic E-state index is 0.269. The summed E-state index contributed by atoms with van der Waals surface area (Å²) in [6.07, 6.45) is 3.64. The van der Waals surface area contributed by atoms with Crippen molar-refractivity contribution in [3.63, 3.8) is 0 Å². The van der Waals surface area contributed by atoms with E-state index < -0.39 is 11.8 Å². The molecular weight excluding hydrogens is 277 g/mol. The second-order valence-corrected chi connectivity index (χ2v) is 6.55. The van der Waals surface area contributed by atoms with Gasteiger partial charge in [0.25, 0.3) is 0 Å². The second kappa shape index (κ2) is 7.09. The largest absolute Gasteiger partial charge is 0.478 e. The van der Waals surface area contributed by atoms with Crippen LogP contribution >= 0.6 is 11.8 Å². The van der Waals surface area contributed by atoms with Crippen LogP contribution in [0.3, 0.4) is 0 Å². The van der Waals surface area contributed by atoms with Crippen LogP contribution < -0.4 is 5.32 Å². The van der Waals surface area contributed by atoms with E-state index in [1.807, 2.05) is 11.8 Å². The maximum absolute atomic E-state index is 13.6. The number of rotatable bonds is 6. The predicted molar refractivity (Wildman–Crippen MR) is 79.8 cm³/mol. The van der Waals surface area contributed by atoms with Gasteiger partial charge in [-0.15, -0.1) is 0 Å². The van der Waals surface area contributed by atoms with Crippen molar-refractivity contribution in [1.29, 1.82) is 0 Å². The number of carboxylic acids is 1. The minimum Gasteiger partial charge on any atom is -0.478 e. The molecule has 0 bridgehead atoms. The van der Waals surface area contributed by atoms with Gasteiger partial charge in [0, 0.05) is 17.8 Å². The molecule has 0 aromatic heterocycles. The molecule has 3 nitrogen and oxygen atoms in total. The molecule has 1 aromatic rings. The van der Waals surface area contributed by atoms with Crippen LogP contribution in [0, 0.1) is 5.82 Å². The molecule has 2 N–H and O–H groups in total. The third-order valence-electron chi connectivity index (χ3n) is 3.67. The van der Waals surface area contributed by atoms with Gasteiger partial charge in [-0.2, -0.15) is 11.8 Å². The summed E-state index contributed by atoms with van der Waals surface area (Å²) < 4.78 is 13.6. The fraction of sp³-hybridized carbons (Fsp3) is 0.533. The average molecular weight is 297 g/mol. The number of carboxylic acid groups (broad SMARTS) is 1. The van der Waals surface area contributed by atoms with E-state index in [0.29, 0.717) is 17.8 Å². The molecule has 0 radical (unpaired) electrons. The van der Waals surface area contributed by atoms with Gasteiger partial charge in [-0.3, -0.25) is 0 Å². The molecule has 2 atom stereocenters. The molecule has 1 saturated carbocycles. The molecule has 2 rings (SSSR count). The van der Waals surface area contributed by atoms with Crippen molar-refractivity contribution in [2.75, 3.05) is 5.75 Å². The Morgan fingerprint density at radius 3 is 2.95 bits per heavy atom. The maximum Gasteiger partial charge on any atom is 0.338 e. The molecule has 0 spiro atoms. The molecule has 1 aliphatic rings. The standard InChI is InChI=1S/C15H20FNO2S/c1-2-20-14-5-3-4-13(14)17-9-10-6-7-11(15(18)19)12(16)8-10/h6-8,13-14,17H,2-5,9H2,1H3,(H,18,19). The molecule has 1 aromatic carbocycles. The van der Waals surface area contributed by atoms with E-state index in [9.17, 15) is 9.18 Å². The maximum atomic E-state index is 13.6. The molecule has 0 aliphatic heterocycles. The number of halogens is 1. The molecule has 0 amide bonds. The number of benzene rings is 1. The summed E-state index contributed by atoms with van der Waals surface area (Å²) in [6, 6.07) is 4.80. The van der Waals surface area contributed by atoms with Crippen LogP contribution in [-0.2, 0) is 6.54 Å². The van der Waals surface area contributed by atoms with Crippen molar-refractivity contribution in [1.82, 2.24) is 5.32 Å². The summed E-state index contributed by atoms with van der Waals surface area (Å²) in [6.45, 7) is 2.75. The predicted octanol–water partition coefficient (Wildman–Crippen LogP) is 3.29. The first-order valence-electron chi connectivity index (χ1n) is 6.98. The topological polar surface area (TPSA) is 49.3 Å². The number of hydrogen-bond donors (Lipinski definition) is 2. The van der Waals surface area contributed by atoms with E-state index in [1.165, 1.54) is 25.0 Å². The van der Waals surface area contributed by atoms with Gasteiger partial charge >= 0.3 is 5.97 Å². The molecule has 1 fully saturated rings. The fourth-order valence-corrected chi connectivity index (χ4v) is 3.89. The summed E-state index contributed by atoms with van der Waals surface area (Å²) in [5, 5.41) is 12.9. The van der Waals surface area contributed by atoms with Crippen LogP contribution in [0.25, 0.3) is 0 Å². The Morgan fingerprint density at radius 2 is 2.30 bits per heavy atom. The molecular formula is C15H20FNO2S. The average Bonchev–Trinajstić information content (AvgIpc) is 2.84. The third kappa shape index (κ3) is 3.73. The molecule has 20 heavy (non-hydrogen) atoms. The summed E-state index contributed by atoms with van der Waals surface area (Å²) in [5.41, 5.74) is 0.522. The smallest absolute Gasteiger partial charge is 0.338 e. The van der Waals surface area contributed by atoms with Crippen LogP contribution in [0.2, 0.25) is 0 Å². The Balaban J connectivity index is 1.94. The van der Waals surface area contributed by atoms with Crippen molar-refractivity contribution in [2.24, 2.45) is 0 Å². The Kier molecular flexibility index (Phi) is 5.43. The van der Waals surface area contributed by atoms with Gasteiger partial charge in [-0.05, 0) is 36.3 Å². The lowest BCUT2D eigenvalue weighted by Crippen LogP contribution is -2.33. The van der Waals surface area contributed by atoms with E-state index in [1.54, 1.807) is 6.07 Å². The first-order valence-corrected chi connectivity index (χ1v) is 8.03. The summed E-state index contributed by atoms with van der Waals surface area (Å²) >= 11 is 1.98. The number of hydrogen-bond acceptors (Lipinski definition) is 3. The monoisotopic (exact) mass is 297 g/mol. The van der Waals surface area contributed by atoms with E-state index in [4.69, 9.17) is 5.11 Å². The Hall–Kier alpha value is -1.07. The quantitative estimate of drug-likeness (QED) is 0.846. The lowest BCUT2D eigenvalue weighted by Gasteiger charge is -2.20. The first kappa shape index (κ1) is 15.3. The number of thioether (sulfide) groups is 1. The Bertz CT molecular complexity index is 481. The normalized spacial score (nSPS) is 22.1. The van der Waals surface area contributed by atoms with E-state index in [-0.39, 0.29) is 5.56 Å². The highest BCUT2D eigenvalue weighted by Crippen LogP contribution is 2.30. The highest BCUT2D eigenvalue weighted by molar-refractivity contribution is 7.99. The van der Waals surface area contributed by atoms with Crippen molar-refractivity contribution in [3.8, 4) is 0 Å². The Labute approximate surface area is 123 Å². The van der Waals surface area contributed by atoms with Crippen LogP contribution in [0.5, 0.6) is 0 Å². The van der Waals surface area contributed by atoms with E-state index in [2.05, 4.69) is 12.2 Å². The van der Waals surface area contributed by atoms with Crippen LogP contribution in [-0.4, -0.2) is 28.1 Å². The van der Waals surface area contributed by atoms with Crippen molar-refractivity contribution < 1.29 is 14.3 Å². The molecule has 5 heteroatoms. The summed E-state index contributed by atoms with van der Waals surface area (Å²) in [7, 11) is 0. The second-order valence-electron chi connectivity index (χ2n) is 5.03. The lowest BCUT2D eigenvalue weighted by molar-refractivity contribution is 0.0692. The summed E-state index contributed by atoms with van der Waals surface area (Å²) in [4.78, 5) is 10.8. The third-order valence-corrected chi connectivity index (χ3v) is 4.99. The van der Waals surface area contributed by atoms with E-state index in [0.717, 1.165) is 17.7 Å². The zero-order valence-corrected chi connectivity index (χ0v) is 12.4. The zero-order valence-electron chi connectivity index (χ0n) is 11.6. The van der Waals surface area contributed by atoms with Gasteiger partial charge in [-0.25, -0.2) is 9.18 Å². The van der Waals surface area contributed by atoms with Gasteiger partial charge in [0.15, 0.2) is 0 Å². The lowest BCUT2D eigenvalue weighted by atomic mass is 10.1. The van der Waals surface area contributed by atoms with Gasteiger partial charge < -0.3 is 10.4 Å². The Morgan fingerprint density at radius 1 is 1.50 bits per heavy atom. The fourth-order valence-electron chi connectivity index (χ4n) is 2.66. The number of aromatic carboxylic acids is 1. The summed E-state index contributed by atoms with van der Waals surface area (Å²) in [5.74, 6) is -0.773. The minimum atomic E-state index is -1.22. The van der Waals surface area contributed by atoms with Gasteiger partial charge in [0.05, 0.1) is 5.56 Å². The molecule has 2 unspecified atom stereocenters. The molecule has 0 saturated heterocycles. The molecule has 1 aliphatic carbocycles.